The molecule has 0 fully saturated rings. The minimum absolute atomic E-state index is 0.0620. The van der Waals surface area contributed by atoms with Crippen LogP contribution in [0, 0.1) is 6.92 Å². The number of aryl methyl sites for hydroxylation is 1. The minimum atomic E-state index is -4.00. The molecule has 9 heteroatoms. The smallest absolute Gasteiger partial charge is 0.264 e. The third-order valence-electron chi connectivity index (χ3n) is 5.00. The van der Waals surface area contributed by atoms with Crippen LogP contribution >= 0.6 is 27.7 Å². The number of carbonyl (C=O) groups is 1. The van der Waals surface area contributed by atoms with E-state index in [1.54, 1.807) is 30.0 Å². The fraction of sp³-hybridized carbons (Fsp3) is 0.240. The van der Waals surface area contributed by atoms with Gasteiger partial charge in [0.2, 0.25) is 5.91 Å². The second-order valence-corrected chi connectivity index (χ2v) is 11.4. The highest BCUT2D eigenvalue weighted by Gasteiger charge is 2.28. The number of anilines is 1. The highest BCUT2D eigenvalue weighted by Crippen LogP contribution is 2.30. The van der Waals surface area contributed by atoms with Crippen LogP contribution in [0.5, 0.6) is 5.75 Å². The Balaban J connectivity index is 1.70. The minimum Gasteiger partial charge on any atom is -0.496 e. The Morgan fingerprint density at radius 2 is 1.76 bits per heavy atom. The van der Waals surface area contributed by atoms with Gasteiger partial charge in [-0.3, -0.25) is 9.10 Å². The third kappa shape index (κ3) is 7.01. The molecule has 0 saturated carbocycles. The number of nitrogens with one attached hydrogen (secondary N) is 1. The summed E-state index contributed by atoms with van der Waals surface area (Å²) < 4.78 is 33.9. The zero-order valence-corrected chi connectivity index (χ0v) is 22.3. The lowest BCUT2D eigenvalue weighted by molar-refractivity contribution is -0.119. The van der Waals surface area contributed by atoms with Gasteiger partial charge in [-0.25, -0.2) is 8.42 Å². The number of nitrogens with zero attached hydrogens (tertiary/aromatic N) is 1. The van der Waals surface area contributed by atoms with E-state index in [-0.39, 0.29) is 17.3 Å². The molecule has 0 aromatic heterocycles. The van der Waals surface area contributed by atoms with Crippen molar-refractivity contribution in [2.45, 2.75) is 17.6 Å². The van der Waals surface area contributed by atoms with Gasteiger partial charge in [-0.15, -0.1) is 0 Å². The van der Waals surface area contributed by atoms with Crippen LogP contribution in [0.25, 0.3) is 0 Å². The normalized spacial score (nSPS) is 11.1. The molecule has 180 valence electrons. The molecule has 3 aromatic carbocycles. The molecule has 0 heterocycles. The van der Waals surface area contributed by atoms with Gasteiger partial charge in [0.15, 0.2) is 0 Å². The van der Waals surface area contributed by atoms with E-state index in [4.69, 9.17) is 4.74 Å². The number of sulfonamides is 1. The monoisotopic (exact) mass is 562 g/mol. The molecule has 0 atom stereocenters. The number of ether oxygens (including phenoxy) is 1. The van der Waals surface area contributed by atoms with Crippen LogP contribution in [0.4, 0.5) is 5.69 Å². The van der Waals surface area contributed by atoms with Gasteiger partial charge < -0.3 is 10.1 Å². The lowest BCUT2D eigenvalue weighted by Crippen LogP contribution is -2.41. The van der Waals surface area contributed by atoms with Crippen molar-refractivity contribution in [2.24, 2.45) is 0 Å². The molecule has 0 saturated heterocycles. The van der Waals surface area contributed by atoms with E-state index < -0.39 is 10.0 Å². The quantitative estimate of drug-likeness (QED) is 0.332. The first-order valence-corrected chi connectivity index (χ1v) is 14.0. The summed E-state index contributed by atoms with van der Waals surface area (Å²) in [5, 5.41) is 2.84. The van der Waals surface area contributed by atoms with Gasteiger partial charge >= 0.3 is 0 Å². The summed E-state index contributed by atoms with van der Waals surface area (Å²) >= 11 is 5.05. The highest BCUT2D eigenvalue weighted by molar-refractivity contribution is 9.10. The lowest BCUT2D eigenvalue weighted by Gasteiger charge is -2.24. The van der Waals surface area contributed by atoms with E-state index in [1.807, 2.05) is 37.3 Å². The van der Waals surface area contributed by atoms with E-state index in [1.165, 1.54) is 24.8 Å². The first-order valence-electron chi connectivity index (χ1n) is 10.6. The molecule has 0 aliphatic heterocycles. The van der Waals surface area contributed by atoms with Crippen molar-refractivity contribution in [2.75, 3.05) is 30.3 Å². The number of rotatable bonds is 11. The summed E-state index contributed by atoms with van der Waals surface area (Å²) in [6.07, 6.45) is 0. The predicted molar refractivity (Wildman–Crippen MR) is 142 cm³/mol. The van der Waals surface area contributed by atoms with Crippen molar-refractivity contribution in [1.29, 1.82) is 0 Å². The van der Waals surface area contributed by atoms with E-state index in [9.17, 15) is 13.2 Å². The molecule has 0 aliphatic carbocycles. The van der Waals surface area contributed by atoms with Crippen molar-refractivity contribution in [3.63, 3.8) is 0 Å². The van der Waals surface area contributed by atoms with E-state index >= 15 is 0 Å². The molecule has 1 N–H and O–H groups in total. The maximum Gasteiger partial charge on any atom is 0.264 e. The predicted octanol–water partition coefficient (Wildman–Crippen LogP) is 5.01. The van der Waals surface area contributed by atoms with Crippen LogP contribution < -0.4 is 14.4 Å². The molecule has 3 rings (SSSR count). The Morgan fingerprint density at radius 3 is 2.41 bits per heavy atom. The fourth-order valence-electron chi connectivity index (χ4n) is 3.17. The van der Waals surface area contributed by atoms with Crippen molar-refractivity contribution in [1.82, 2.24) is 5.32 Å². The molecule has 6 nitrogen and oxygen atoms in total. The second kappa shape index (κ2) is 12.3. The summed E-state index contributed by atoms with van der Waals surface area (Å²) in [5.41, 5.74) is 2.64. The fourth-order valence-corrected chi connectivity index (χ4v) is 6.13. The van der Waals surface area contributed by atoms with Gasteiger partial charge in [-0.2, -0.15) is 11.8 Å². The van der Waals surface area contributed by atoms with E-state index in [0.29, 0.717) is 22.5 Å². The zero-order chi connectivity index (χ0) is 24.6. The van der Waals surface area contributed by atoms with Crippen LogP contribution in [-0.2, 0) is 20.6 Å². The maximum absolute atomic E-state index is 13.5. The molecular weight excluding hydrogens is 536 g/mol. The Morgan fingerprint density at radius 1 is 1.06 bits per heavy atom. The number of hydrogen-bond donors (Lipinski definition) is 1. The average molecular weight is 564 g/mol. The Labute approximate surface area is 213 Å². The van der Waals surface area contributed by atoms with Crippen molar-refractivity contribution in [3.8, 4) is 5.75 Å². The van der Waals surface area contributed by atoms with E-state index in [0.717, 1.165) is 21.4 Å². The van der Waals surface area contributed by atoms with Gasteiger partial charge in [-0.05, 0) is 58.7 Å². The van der Waals surface area contributed by atoms with Gasteiger partial charge in [0.05, 0.1) is 22.2 Å². The van der Waals surface area contributed by atoms with Crippen LogP contribution in [-0.4, -0.2) is 40.3 Å². The van der Waals surface area contributed by atoms with Gasteiger partial charge in [0, 0.05) is 18.1 Å². The average Bonchev–Trinajstić information content (AvgIpc) is 2.83. The number of benzene rings is 3. The number of thioether (sulfide) groups is 1. The summed E-state index contributed by atoms with van der Waals surface area (Å²) in [5.74, 6) is 1.74. The molecule has 34 heavy (non-hydrogen) atoms. The van der Waals surface area contributed by atoms with Crippen LogP contribution in [0.15, 0.2) is 82.2 Å². The SMILES string of the molecule is COc1ccc(S(=O)(=O)N(CC(=O)NCCSCc2ccccc2)c2ccc(C)cc2)cc1Br. The van der Waals surface area contributed by atoms with E-state index in [2.05, 4.69) is 33.4 Å². The first-order chi connectivity index (χ1) is 16.3. The number of halogens is 1. The first kappa shape index (κ1) is 26.1. The largest absolute Gasteiger partial charge is 0.496 e. The Kier molecular flexibility index (Phi) is 9.44. The van der Waals surface area contributed by atoms with Crippen molar-refractivity contribution >= 4 is 49.3 Å². The highest BCUT2D eigenvalue weighted by atomic mass is 79.9. The van der Waals surface area contributed by atoms with Gasteiger partial charge in [0.1, 0.15) is 12.3 Å². The summed E-state index contributed by atoms with van der Waals surface area (Å²) in [6.45, 7) is 2.05. The number of hydrogen-bond acceptors (Lipinski definition) is 5. The molecule has 0 spiro atoms. The van der Waals surface area contributed by atoms with Crippen LogP contribution in [0.1, 0.15) is 11.1 Å². The summed E-state index contributed by atoms with van der Waals surface area (Å²) in [4.78, 5) is 12.8. The molecule has 0 unspecified atom stereocenters. The number of amides is 1. The van der Waals surface area contributed by atoms with Crippen molar-refractivity contribution < 1.29 is 17.9 Å². The van der Waals surface area contributed by atoms with Crippen molar-refractivity contribution in [3.05, 3.63) is 88.4 Å². The lowest BCUT2D eigenvalue weighted by atomic mass is 10.2. The standard InChI is InChI=1S/C25H27BrN2O4S2/c1-19-8-10-21(11-9-19)28(34(30,31)22-12-13-24(32-2)23(26)16-22)17-25(29)27-14-15-33-18-20-6-4-3-5-7-20/h3-13,16H,14-15,17-18H2,1-2H3,(H,27,29). The maximum atomic E-state index is 13.5. The van der Waals surface area contributed by atoms with Gasteiger partial charge in [-0.1, -0.05) is 48.0 Å². The topological polar surface area (TPSA) is 75.7 Å². The van der Waals surface area contributed by atoms with Crippen LogP contribution in [0.2, 0.25) is 0 Å². The number of carbonyl (C=O) groups excluding carboxylic acids is 1. The molecule has 0 aliphatic rings. The third-order valence-corrected chi connectivity index (χ3v) is 8.42. The zero-order valence-electron chi connectivity index (χ0n) is 19.0. The second-order valence-electron chi connectivity index (χ2n) is 7.53. The Bertz CT molecular complexity index is 1200. The van der Waals surface area contributed by atoms with Crippen LogP contribution in [0.3, 0.4) is 0 Å². The molecule has 3 aromatic rings. The molecular formula is C25H27BrN2O4S2. The summed E-state index contributed by atoms with van der Waals surface area (Å²) in [7, 11) is -2.49. The number of methoxy groups -OCH3 is 1. The summed E-state index contributed by atoms with van der Waals surface area (Å²) in [6, 6.07) is 21.7. The Hall–Kier alpha value is -2.49. The molecule has 1 amide bonds. The molecule has 0 radical (unpaired) electrons. The molecule has 0 bridgehead atoms. The van der Waals surface area contributed by atoms with Gasteiger partial charge in [0.25, 0.3) is 10.0 Å².